The first-order valence-corrected chi connectivity index (χ1v) is 10.5. The van der Waals surface area contributed by atoms with Crippen LogP contribution in [0, 0.1) is 5.92 Å². The number of hydrogen-bond donors (Lipinski definition) is 1. The number of nitrogens with zero attached hydrogens (tertiary/aromatic N) is 2. The zero-order valence-electron chi connectivity index (χ0n) is 14.8. The second-order valence-corrected chi connectivity index (χ2v) is 8.44. The molecule has 1 aliphatic rings. The normalized spacial score (nSPS) is 16.3. The van der Waals surface area contributed by atoms with Gasteiger partial charge in [-0.1, -0.05) is 6.07 Å². The molecule has 138 valence electrons. The first-order valence-electron chi connectivity index (χ1n) is 8.65. The summed E-state index contributed by atoms with van der Waals surface area (Å²) in [5, 5.41) is 0. The van der Waals surface area contributed by atoms with Gasteiger partial charge in [0.1, 0.15) is 0 Å². The zero-order valence-corrected chi connectivity index (χ0v) is 15.6. The number of aromatic nitrogens is 1. The van der Waals surface area contributed by atoms with E-state index in [9.17, 15) is 13.2 Å². The third-order valence-corrected chi connectivity index (χ3v) is 5.15. The van der Waals surface area contributed by atoms with Crippen LogP contribution in [-0.4, -0.2) is 43.4 Å². The molecule has 1 saturated heterocycles. The highest BCUT2D eigenvalue weighted by molar-refractivity contribution is 7.92. The predicted octanol–water partition coefficient (Wildman–Crippen LogP) is 2.55. The zero-order chi connectivity index (χ0) is 18.6. The Morgan fingerprint density at radius 3 is 2.42 bits per heavy atom. The summed E-state index contributed by atoms with van der Waals surface area (Å²) in [6, 6.07) is 12.6. The number of sulfonamides is 1. The molecule has 1 aliphatic heterocycles. The molecule has 1 aromatic carbocycles. The van der Waals surface area contributed by atoms with E-state index in [1.54, 1.807) is 30.5 Å². The average Bonchev–Trinajstić information content (AvgIpc) is 2.62. The lowest BCUT2D eigenvalue weighted by atomic mass is 9.89. The minimum absolute atomic E-state index is 0.0173. The number of nitrogens with one attached hydrogen (secondary N) is 1. The van der Waals surface area contributed by atoms with E-state index in [0.717, 1.165) is 44.4 Å². The molecule has 1 N–H and O–H groups in total. The van der Waals surface area contributed by atoms with Crippen LogP contribution in [0.3, 0.4) is 0 Å². The van der Waals surface area contributed by atoms with Gasteiger partial charge in [-0.25, -0.2) is 8.42 Å². The maximum atomic E-state index is 12.7. The molecule has 3 rings (SSSR count). The number of Topliss-reactive ketones (excluding diaryl/α,β-unsaturated/α-hetero) is 1. The fourth-order valence-corrected chi connectivity index (χ4v) is 3.79. The minimum Gasteiger partial charge on any atom is -0.297 e. The molecular weight excluding hydrogens is 350 g/mol. The monoisotopic (exact) mass is 373 g/mol. The number of carbonyl (C=O) groups is 1. The van der Waals surface area contributed by atoms with Crippen molar-refractivity contribution in [3.8, 4) is 0 Å². The highest BCUT2D eigenvalue weighted by Gasteiger charge is 2.26. The summed E-state index contributed by atoms with van der Waals surface area (Å²) in [5.41, 5.74) is 2.15. The van der Waals surface area contributed by atoms with E-state index in [1.807, 2.05) is 18.2 Å². The lowest BCUT2D eigenvalue weighted by Gasteiger charge is -2.31. The summed E-state index contributed by atoms with van der Waals surface area (Å²) < 4.78 is 24.9. The van der Waals surface area contributed by atoms with E-state index in [1.165, 1.54) is 0 Å². The van der Waals surface area contributed by atoms with Gasteiger partial charge in [0.15, 0.2) is 5.78 Å². The average molecular weight is 373 g/mol. The van der Waals surface area contributed by atoms with Gasteiger partial charge in [-0.2, -0.15) is 0 Å². The Kier molecular flexibility index (Phi) is 5.68. The second kappa shape index (κ2) is 7.97. The first-order chi connectivity index (χ1) is 12.4. The quantitative estimate of drug-likeness (QED) is 0.787. The lowest BCUT2D eigenvalue weighted by Crippen LogP contribution is -2.36. The van der Waals surface area contributed by atoms with E-state index in [0.29, 0.717) is 11.3 Å². The molecule has 0 spiro atoms. The summed E-state index contributed by atoms with van der Waals surface area (Å²) in [5.74, 6) is 0.150. The molecule has 2 heterocycles. The van der Waals surface area contributed by atoms with Gasteiger partial charge in [0.2, 0.25) is 10.0 Å². The van der Waals surface area contributed by atoms with E-state index in [-0.39, 0.29) is 11.7 Å². The van der Waals surface area contributed by atoms with E-state index < -0.39 is 10.0 Å². The molecule has 1 aromatic heterocycles. The maximum Gasteiger partial charge on any atom is 0.229 e. The van der Waals surface area contributed by atoms with Gasteiger partial charge in [-0.05, 0) is 62.3 Å². The molecule has 1 fully saturated rings. The van der Waals surface area contributed by atoms with Crippen LogP contribution >= 0.6 is 0 Å². The molecule has 7 heteroatoms. The van der Waals surface area contributed by atoms with Crippen molar-refractivity contribution in [1.82, 2.24) is 9.88 Å². The first kappa shape index (κ1) is 18.5. The number of likely N-dealkylation sites (tertiary alicyclic amines) is 1. The van der Waals surface area contributed by atoms with Gasteiger partial charge in [-0.15, -0.1) is 0 Å². The van der Waals surface area contributed by atoms with Crippen molar-refractivity contribution in [3.05, 3.63) is 59.9 Å². The molecular formula is C19H23N3O3S. The van der Waals surface area contributed by atoms with Crippen LogP contribution in [0.5, 0.6) is 0 Å². The van der Waals surface area contributed by atoms with E-state index >= 15 is 0 Å². The van der Waals surface area contributed by atoms with Crippen molar-refractivity contribution in [1.29, 1.82) is 0 Å². The number of pyridine rings is 1. The summed E-state index contributed by atoms with van der Waals surface area (Å²) in [6.45, 7) is 2.56. The SMILES string of the molecule is CS(=O)(=O)Nc1ccc(C(=O)C2CCN(Cc3ccccn3)CC2)cc1. The molecule has 26 heavy (non-hydrogen) atoms. The third-order valence-electron chi connectivity index (χ3n) is 4.54. The Hall–Kier alpha value is -2.25. The second-order valence-electron chi connectivity index (χ2n) is 6.69. The van der Waals surface area contributed by atoms with Gasteiger partial charge < -0.3 is 0 Å². The smallest absolute Gasteiger partial charge is 0.229 e. The maximum absolute atomic E-state index is 12.7. The Morgan fingerprint density at radius 1 is 1.15 bits per heavy atom. The molecule has 0 amide bonds. The number of carbonyl (C=O) groups excluding carboxylic acids is 1. The number of hydrogen-bond acceptors (Lipinski definition) is 5. The molecule has 0 aliphatic carbocycles. The highest BCUT2D eigenvalue weighted by atomic mass is 32.2. The predicted molar refractivity (Wildman–Crippen MR) is 101 cm³/mol. The van der Waals surface area contributed by atoms with Crippen molar-refractivity contribution in [2.45, 2.75) is 19.4 Å². The van der Waals surface area contributed by atoms with E-state index in [2.05, 4.69) is 14.6 Å². The Morgan fingerprint density at radius 2 is 1.85 bits per heavy atom. The summed E-state index contributed by atoms with van der Waals surface area (Å²) in [6.07, 6.45) is 4.56. The van der Waals surface area contributed by atoms with Crippen LogP contribution in [-0.2, 0) is 16.6 Å². The van der Waals surface area contributed by atoms with Crippen LogP contribution in [0.2, 0.25) is 0 Å². The molecule has 0 bridgehead atoms. The van der Waals surface area contributed by atoms with Crippen molar-refractivity contribution in [3.63, 3.8) is 0 Å². The van der Waals surface area contributed by atoms with Crippen LogP contribution in [0.1, 0.15) is 28.9 Å². The van der Waals surface area contributed by atoms with Crippen molar-refractivity contribution in [2.75, 3.05) is 24.1 Å². The highest BCUT2D eigenvalue weighted by Crippen LogP contribution is 2.23. The number of anilines is 1. The van der Waals surface area contributed by atoms with Gasteiger partial charge in [0.25, 0.3) is 0 Å². The van der Waals surface area contributed by atoms with Crippen molar-refractivity contribution >= 4 is 21.5 Å². The summed E-state index contributed by atoms with van der Waals surface area (Å²) in [7, 11) is -3.31. The molecule has 6 nitrogen and oxygen atoms in total. The van der Waals surface area contributed by atoms with Crippen LogP contribution in [0.4, 0.5) is 5.69 Å². The van der Waals surface area contributed by atoms with Crippen molar-refractivity contribution in [2.24, 2.45) is 5.92 Å². The standard InChI is InChI=1S/C19H23N3O3S/c1-26(24,25)21-17-7-5-15(6-8-17)19(23)16-9-12-22(13-10-16)14-18-4-2-3-11-20-18/h2-8,11,16,21H,9-10,12-14H2,1H3. The third kappa shape index (κ3) is 5.12. The Labute approximate surface area is 154 Å². The van der Waals surface area contributed by atoms with Gasteiger partial charge in [0.05, 0.1) is 11.9 Å². The Bertz CT molecular complexity index is 843. The topological polar surface area (TPSA) is 79.4 Å². The number of piperidine rings is 1. The Balaban J connectivity index is 1.55. The molecule has 0 atom stereocenters. The van der Waals surface area contributed by atoms with Gasteiger partial charge >= 0.3 is 0 Å². The van der Waals surface area contributed by atoms with Crippen molar-refractivity contribution < 1.29 is 13.2 Å². The molecule has 2 aromatic rings. The molecule has 0 unspecified atom stereocenters. The number of benzene rings is 1. The summed E-state index contributed by atoms with van der Waals surface area (Å²) >= 11 is 0. The molecule has 0 radical (unpaired) electrons. The summed E-state index contributed by atoms with van der Waals surface area (Å²) in [4.78, 5) is 19.4. The lowest BCUT2D eigenvalue weighted by molar-refractivity contribution is 0.0834. The van der Waals surface area contributed by atoms with Crippen LogP contribution in [0.15, 0.2) is 48.7 Å². The van der Waals surface area contributed by atoms with E-state index in [4.69, 9.17) is 0 Å². The minimum atomic E-state index is -3.31. The number of rotatable bonds is 6. The number of ketones is 1. The molecule has 0 saturated carbocycles. The fraction of sp³-hybridized carbons (Fsp3) is 0.368. The van der Waals surface area contributed by atoms with Crippen LogP contribution in [0.25, 0.3) is 0 Å². The van der Waals surface area contributed by atoms with Gasteiger partial charge in [0, 0.05) is 29.9 Å². The van der Waals surface area contributed by atoms with Gasteiger partial charge in [-0.3, -0.25) is 19.4 Å². The largest absolute Gasteiger partial charge is 0.297 e. The fourth-order valence-electron chi connectivity index (χ4n) is 3.23. The van der Waals surface area contributed by atoms with Crippen LogP contribution < -0.4 is 4.72 Å².